The molecule has 0 aliphatic carbocycles. The molecule has 190 valence electrons. The SMILES string of the molecule is COc1ccc([C@@H](CN2CCCC2)N(C)C(=O)C(c2ccc(Cl)cc2)c2ccc(Cl)cc2)c(OC)c1. The van der Waals surface area contributed by atoms with Crippen LogP contribution in [0.2, 0.25) is 10.0 Å². The lowest BCUT2D eigenvalue weighted by Gasteiger charge is -2.35. The fourth-order valence-corrected chi connectivity index (χ4v) is 5.13. The first-order chi connectivity index (χ1) is 17.4. The molecule has 4 rings (SSSR count). The zero-order chi connectivity index (χ0) is 25.7. The maximum Gasteiger partial charge on any atom is 0.234 e. The van der Waals surface area contributed by atoms with Crippen molar-refractivity contribution in [1.82, 2.24) is 9.80 Å². The van der Waals surface area contributed by atoms with Gasteiger partial charge in [-0.15, -0.1) is 0 Å². The molecule has 0 unspecified atom stereocenters. The van der Waals surface area contributed by atoms with Crippen molar-refractivity contribution in [3.8, 4) is 11.5 Å². The zero-order valence-electron chi connectivity index (χ0n) is 20.9. The molecule has 5 nitrogen and oxygen atoms in total. The van der Waals surface area contributed by atoms with Crippen molar-refractivity contribution in [2.45, 2.75) is 24.8 Å². The summed E-state index contributed by atoms with van der Waals surface area (Å²) in [4.78, 5) is 18.6. The van der Waals surface area contributed by atoms with Gasteiger partial charge < -0.3 is 19.3 Å². The quantitative estimate of drug-likeness (QED) is 0.321. The highest BCUT2D eigenvalue weighted by molar-refractivity contribution is 6.30. The number of ether oxygens (including phenoxy) is 2. The fourth-order valence-electron chi connectivity index (χ4n) is 4.88. The van der Waals surface area contributed by atoms with Crippen molar-refractivity contribution in [3.63, 3.8) is 0 Å². The molecule has 1 atom stereocenters. The number of rotatable bonds is 9. The second-order valence-corrected chi connectivity index (χ2v) is 9.99. The summed E-state index contributed by atoms with van der Waals surface area (Å²) in [7, 11) is 5.16. The van der Waals surface area contributed by atoms with E-state index in [9.17, 15) is 4.79 Å². The summed E-state index contributed by atoms with van der Waals surface area (Å²) in [6.45, 7) is 2.77. The average molecular weight is 527 g/mol. The second-order valence-electron chi connectivity index (χ2n) is 9.12. The Kier molecular flexibility index (Phi) is 8.78. The molecular formula is C29H32Cl2N2O3. The lowest BCUT2D eigenvalue weighted by Crippen LogP contribution is -2.41. The van der Waals surface area contributed by atoms with Crippen LogP contribution in [0, 0.1) is 0 Å². The Morgan fingerprint density at radius 2 is 1.44 bits per heavy atom. The molecule has 0 bridgehead atoms. The third-order valence-electron chi connectivity index (χ3n) is 6.90. The van der Waals surface area contributed by atoms with E-state index in [1.54, 1.807) is 14.2 Å². The van der Waals surface area contributed by atoms with Gasteiger partial charge in [-0.2, -0.15) is 0 Å². The molecule has 1 heterocycles. The number of nitrogens with zero attached hydrogens (tertiary/aromatic N) is 2. The largest absolute Gasteiger partial charge is 0.497 e. The van der Waals surface area contributed by atoms with Crippen LogP contribution in [0.4, 0.5) is 0 Å². The smallest absolute Gasteiger partial charge is 0.234 e. The molecule has 0 spiro atoms. The Morgan fingerprint density at radius 1 is 0.889 bits per heavy atom. The van der Waals surface area contributed by atoms with E-state index >= 15 is 0 Å². The monoisotopic (exact) mass is 526 g/mol. The van der Waals surface area contributed by atoms with Gasteiger partial charge in [0.25, 0.3) is 0 Å². The van der Waals surface area contributed by atoms with Crippen LogP contribution in [0.3, 0.4) is 0 Å². The first kappa shape index (κ1) is 26.3. The van der Waals surface area contributed by atoms with E-state index in [-0.39, 0.29) is 11.9 Å². The van der Waals surface area contributed by atoms with E-state index in [0.717, 1.165) is 36.3 Å². The number of hydrogen-bond acceptors (Lipinski definition) is 4. The number of halogens is 2. The van der Waals surface area contributed by atoms with Crippen molar-refractivity contribution in [1.29, 1.82) is 0 Å². The van der Waals surface area contributed by atoms with Crippen LogP contribution in [-0.2, 0) is 4.79 Å². The minimum absolute atomic E-state index is 0.0123. The van der Waals surface area contributed by atoms with Gasteiger partial charge >= 0.3 is 0 Å². The van der Waals surface area contributed by atoms with Crippen molar-refractivity contribution < 1.29 is 14.3 Å². The Bertz CT molecular complexity index is 1120. The number of carbonyl (C=O) groups is 1. The summed E-state index contributed by atoms with van der Waals surface area (Å²) in [5.41, 5.74) is 2.70. The molecule has 0 N–H and O–H groups in total. The molecule has 7 heteroatoms. The number of amides is 1. The molecule has 36 heavy (non-hydrogen) atoms. The molecule has 1 saturated heterocycles. The van der Waals surface area contributed by atoms with Gasteiger partial charge in [0.2, 0.25) is 5.91 Å². The zero-order valence-corrected chi connectivity index (χ0v) is 22.4. The topological polar surface area (TPSA) is 42.0 Å². The van der Waals surface area contributed by atoms with Crippen LogP contribution in [0.5, 0.6) is 11.5 Å². The summed E-state index contributed by atoms with van der Waals surface area (Å²) in [5, 5.41) is 1.26. The van der Waals surface area contributed by atoms with Crippen molar-refractivity contribution >= 4 is 29.1 Å². The van der Waals surface area contributed by atoms with Crippen LogP contribution in [0.25, 0.3) is 0 Å². The van der Waals surface area contributed by atoms with E-state index in [0.29, 0.717) is 21.5 Å². The third-order valence-corrected chi connectivity index (χ3v) is 7.40. The Hall–Kier alpha value is -2.73. The number of hydrogen-bond donors (Lipinski definition) is 0. The molecular weight excluding hydrogens is 495 g/mol. The van der Waals surface area contributed by atoms with E-state index < -0.39 is 5.92 Å². The predicted molar refractivity (Wildman–Crippen MR) is 145 cm³/mol. The standard InChI is InChI=1S/C29H32Cl2N2O3/c1-32(26(19-33-16-4-5-17-33)25-15-14-24(35-2)18-27(25)36-3)29(34)28(20-6-10-22(30)11-7-20)21-8-12-23(31)13-9-21/h6-15,18,26,28H,4-5,16-17,19H2,1-3H3/t26-/m1/s1. The van der Waals surface area contributed by atoms with Gasteiger partial charge in [0, 0.05) is 35.3 Å². The Labute approximate surface area is 223 Å². The molecule has 1 aliphatic rings. The summed E-state index contributed by atoms with van der Waals surface area (Å²) in [6.07, 6.45) is 2.34. The van der Waals surface area contributed by atoms with Gasteiger partial charge in [-0.25, -0.2) is 0 Å². The normalized spacial score (nSPS) is 14.6. The fraction of sp³-hybridized carbons (Fsp3) is 0.345. The number of likely N-dealkylation sites (tertiary alicyclic amines) is 1. The van der Waals surface area contributed by atoms with Crippen LogP contribution < -0.4 is 9.47 Å². The van der Waals surface area contributed by atoms with E-state index in [1.807, 2.05) is 78.7 Å². The molecule has 1 aliphatic heterocycles. The van der Waals surface area contributed by atoms with Crippen LogP contribution in [0.15, 0.2) is 66.7 Å². The number of carbonyl (C=O) groups excluding carboxylic acids is 1. The average Bonchev–Trinajstić information content (AvgIpc) is 3.42. The summed E-state index contributed by atoms with van der Waals surface area (Å²) < 4.78 is 11.2. The van der Waals surface area contributed by atoms with Crippen molar-refractivity contribution in [3.05, 3.63) is 93.5 Å². The Balaban J connectivity index is 1.75. The third kappa shape index (κ3) is 5.97. The summed E-state index contributed by atoms with van der Waals surface area (Å²) in [6, 6.07) is 20.5. The number of benzene rings is 3. The minimum atomic E-state index is -0.505. The first-order valence-corrected chi connectivity index (χ1v) is 12.9. The van der Waals surface area contributed by atoms with Gasteiger partial charge in [0.15, 0.2) is 0 Å². The second kappa shape index (κ2) is 12.0. The van der Waals surface area contributed by atoms with E-state index in [2.05, 4.69) is 4.90 Å². The molecule has 3 aromatic carbocycles. The number of likely N-dealkylation sites (N-methyl/N-ethyl adjacent to an activating group) is 1. The van der Waals surface area contributed by atoms with Crippen LogP contribution >= 0.6 is 23.2 Å². The van der Waals surface area contributed by atoms with Crippen molar-refractivity contribution in [2.75, 3.05) is 40.9 Å². The predicted octanol–water partition coefficient (Wildman–Crippen LogP) is 6.44. The molecule has 3 aromatic rings. The van der Waals surface area contributed by atoms with Gasteiger partial charge in [-0.05, 0) is 73.5 Å². The summed E-state index contributed by atoms with van der Waals surface area (Å²) in [5.74, 6) is 0.897. The van der Waals surface area contributed by atoms with Crippen molar-refractivity contribution in [2.24, 2.45) is 0 Å². The van der Waals surface area contributed by atoms with Crippen LogP contribution in [0.1, 0.15) is 41.5 Å². The molecule has 1 amide bonds. The molecule has 1 fully saturated rings. The maximum absolute atomic E-state index is 14.3. The maximum atomic E-state index is 14.3. The lowest BCUT2D eigenvalue weighted by molar-refractivity contribution is -0.133. The van der Waals surface area contributed by atoms with Crippen LogP contribution in [-0.4, -0.2) is 56.6 Å². The van der Waals surface area contributed by atoms with Gasteiger partial charge in [-0.1, -0.05) is 47.5 Å². The van der Waals surface area contributed by atoms with E-state index in [1.165, 1.54) is 12.8 Å². The highest BCUT2D eigenvalue weighted by Gasteiger charge is 2.33. The molecule has 0 aromatic heterocycles. The highest BCUT2D eigenvalue weighted by atomic mass is 35.5. The minimum Gasteiger partial charge on any atom is -0.497 e. The van der Waals surface area contributed by atoms with Gasteiger partial charge in [-0.3, -0.25) is 4.79 Å². The number of methoxy groups -OCH3 is 2. The lowest BCUT2D eigenvalue weighted by atomic mass is 9.89. The first-order valence-electron chi connectivity index (χ1n) is 12.1. The summed E-state index contributed by atoms with van der Waals surface area (Å²) >= 11 is 12.3. The van der Waals surface area contributed by atoms with E-state index in [4.69, 9.17) is 32.7 Å². The molecule has 0 saturated carbocycles. The Morgan fingerprint density at radius 3 is 1.94 bits per heavy atom. The van der Waals surface area contributed by atoms with Gasteiger partial charge in [0.05, 0.1) is 26.2 Å². The molecule has 0 radical (unpaired) electrons. The van der Waals surface area contributed by atoms with Gasteiger partial charge in [0.1, 0.15) is 11.5 Å². The highest BCUT2D eigenvalue weighted by Crippen LogP contribution is 2.36.